The number of aromatic nitrogens is 2. The van der Waals surface area contributed by atoms with Crippen LogP contribution in [-0.2, 0) is 6.54 Å². The van der Waals surface area contributed by atoms with Crippen LogP contribution in [0.2, 0.25) is 0 Å². The van der Waals surface area contributed by atoms with Crippen molar-refractivity contribution >= 4 is 5.78 Å². The maximum Gasteiger partial charge on any atom is 0.437 e. The molecule has 2 heterocycles. The molecule has 0 amide bonds. The molecule has 1 atom stereocenters. The van der Waals surface area contributed by atoms with Crippen molar-refractivity contribution in [2.24, 2.45) is 0 Å². The Labute approximate surface area is 142 Å². The summed E-state index contributed by atoms with van der Waals surface area (Å²) in [6.07, 6.45) is 0.444. The molecule has 0 aliphatic rings. The lowest BCUT2D eigenvalue weighted by Crippen LogP contribution is -2.29. The molecule has 0 aliphatic heterocycles. The molecule has 3 aromatic rings. The van der Waals surface area contributed by atoms with Gasteiger partial charge in [0.25, 0.3) is 5.89 Å². The van der Waals surface area contributed by atoms with E-state index in [-0.39, 0.29) is 24.8 Å². The third-order valence-electron chi connectivity index (χ3n) is 3.40. The highest BCUT2D eigenvalue weighted by Gasteiger charge is 2.16. The van der Waals surface area contributed by atoms with Crippen molar-refractivity contribution in [1.29, 1.82) is 0 Å². The first kappa shape index (κ1) is 16.7. The lowest BCUT2D eigenvalue weighted by atomic mass is 10.1. The number of carbonyl (C=O) groups excluding carboxylic acids is 1. The fourth-order valence-corrected chi connectivity index (χ4v) is 2.17. The summed E-state index contributed by atoms with van der Waals surface area (Å²) < 4.78 is 16.5. The molecule has 8 heteroatoms. The maximum absolute atomic E-state index is 11.8. The highest BCUT2D eigenvalue weighted by molar-refractivity contribution is 5.94. The standard InChI is InChI=1S/C17H16N2O6/c1-11(20)12-4-2-5-14(8-12)24-10-13(21)9-19-17(22)25-16(18-19)15-6-3-7-23-15/h2-8,13,21H,9-10H2,1H3. The third kappa shape index (κ3) is 4.04. The Kier molecular flexibility index (Phi) is 4.80. The second-order valence-corrected chi connectivity index (χ2v) is 5.38. The lowest BCUT2D eigenvalue weighted by Gasteiger charge is -2.12. The summed E-state index contributed by atoms with van der Waals surface area (Å²) in [4.78, 5) is 23.1. The predicted molar refractivity (Wildman–Crippen MR) is 86.4 cm³/mol. The van der Waals surface area contributed by atoms with Crippen LogP contribution in [0.25, 0.3) is 11.7 Å². The van der Waals surface area contributed by atoms with E-state index >= 15 is 0 Å². The van der Waals surface area contributed by atoms with Gasteiger partial charge in [-0.15, -0.1) is 5.10 Å². The Bertz CT molecular complexity index is 909. The van der Waals surface area contributed by atoms with E-state index < -0.39 is 11.9 Å². The monoisotopic (exact) mass is 344 g/mol. The van der Waals surface area contributed by atoms with Gasteiger partial charge in [-0.3, -0.25) is 4.79 Å². The van der Waals surface area contributed by atoms with Gasteiger partial charge in [0.2, 0.25) is 0 Å². The summed E-state index contributed by atoms with van der Waals surface area (Å²) in [5.41, 5.74) is 0.516. The van der Waals surface area contributed by atoms with Crippen molar-refractivity contribution < 1.29 is 23.5 Å². The number of nitrogens with zero attached hydrogens (tertiary/aromatic N) is 2. The summed E-state index contributed by atoms with van der Waals surface area (Å²) in [5, 5.41) is 14.0. The summed E-state index contributed by atoms with van der Waals surface area (Å²) in [5.74, 6) is 0.0325. The smallest absolute Gasteiger partial charge is 0.437 e. The van der Waals surface area contributed by atoms with Crippen LogP contribution in [0.5, 0.6) is 5.75 Å². The van der Waals surface area contributed by atoms with Crippen LogP contribution in [0.1, 0.15) is 17.3 Å². The van der Waals surface area contributed by atoms with E-state index in [1.165, 1.54) is 13.2 Å². The summed E-state index contributed by atoms with van der Waals surface area (Å²) in [6, 6.07) is 9.89. The minimum atomic E-state index is -0.992. The Morgan fingerprint density at radius 2 is 2.20 bits per heavy atom. The van der Waals surface area contributed by atoms with E-state index in [2.05, 4.69) is 5.10 Å². The molecule has 1 N–H and O–H groups in total. The summed E-state index contributed by atoms with van der Waals surface area (Å²) in [6.45, 7) is 1.29. The van der Waals surface area contributed by atoms with Crippen LogP contribution in [0, 0.1) is 0 Å². The molecule has 0 fully saturated rings. The van der Waals surface area contributed by atoms with Crippen molar-refractivity contribution in [2.45, 2.75) is 19.6 Å². The van der Waals surface area contributed by atoms with Crippen molar-refractivity contribution in [1.82, 2.24) is 9.78 Å². The largest absolute Gasteiger partial charge is 0.491 e. The number of benzene rings is 1. The molecule has 2 aromatic heterocycles. The highest BCUT2D eigenvalue weighted by atomic mass is 16.5. The highest BCUT2D eigenvalue weighted by Crippen LogP contribution is 2.16. The van der Waals surface area contributed by atoms with E-state index in [4.69, 9.17) is 13.6 Å². The average molecular weight is 344 g/mol. The SMILES string of the molecule is CC(=O)c1cccc(OCC(O)Cn2nc(-c3ccco3)oc2=O)c1. The molecule has 0 saturated carbocycles. The van der Waals surface area contributed by atoms with Gasteiger partial charge in [-0.25, -0.2) is 4.79 Å². The second kappa shape index (κ2) is 7.18. The minimum Gasteiger partial charge on any atom is -0.491 e. The molecule has 1 aromatic carbocycles. The molecule has 0 bridgehead atoms. The predicted octanol–water partition coefficient (Wildman–Crippen LogP) is 1.74. The number of ketones is 1. The van der Waals surface area contributed by atoms with Gasteiger partial charge in [-0.2, -0.15) is 4.68 Å². The second-order valence-electron chi connectivity index (χ2n) is 5.38. The van der Waals surface area contributed by atoms with E-state index in [0.29, 0.717) is 17.1 Å². The zero-order valence-corrected chi connectivity index (χ0v) is 13.4. The quantitative estimate of drug-likeness (QED) is 0.650. The van der Waals surface area contributed by atoms with Gasteiger partial charge < -0.3 is 18.7 Å². The molecule has 130 valence electrons. The maximum atomic E-state index is 11.8. The van der Waals surface area contributed by atoms with Gasteiger partial charge in [0.05, 0.1) is 12.8 Å². The molecule has 0 spiro atoms. The first-order chi connectivity index (χ1) is 12.0. The number of hydrogen-bond donors (Lipinski definition) is 1. The number of Topliss-reactive ketones (excluding diaryl/α,β-unsaturated/α-hetero) is 1. The molecule has 3 rings (SSSR count). The number of ether oxygens (including phenoxy) is 1. The van der Waals surface area contributed by atoms with Crippen molar-refractivity contribution in [3.63, 3.8) is 0 Å². The van der Waals surface area contributed by atoms with E-state index in [1.807, 2.05) is 0 Å². The van der Waals surface area contributed by atoms with Gasteiger partial charge in [0, 0.05) is 5.56 Å². The summed E-state index contributed by atoms with van der Waals surface area (Å²) >= 11 is 0. The average Bonchev–Trinajstić information content (AvgIpc) is 3.24. The Balaban J connectivity index is 1.61. The molecule has 1 unspecified atom stereocenters. The number of aliphatic hydroxyl groups excluding tert-OH is 1. The lowest BCUT2D eigenvalue weighted by molar-refractivity contribution is 0.0874. The molecule has 25 heavy (non-hydrogen) atoms. The first-order valence-electron chi connectivity index (χ1n) is 7.56. The van der Waals surface area contributed by atoms with Crippen LogP contribution in [0.15, 0.2) is 56.3 Å². The normalized spacial score (nSPS) is 12.1. The van der Waals surface area contributed by atoms with E-state index in [1.54, 1.807) is 36.4 Å². The molecule has 0 aliphatic carbocycles. The van der Waals surface area contributed by atoms with Crippen LogP contribution in [0.3, 0.4) is 0 Å². The Morgan fingerprint density at radius 1 is 1.36 bits per heavy atom. The molecule has 8 nitrogen and oxygen atoms in total. The van der Waals surface area contributed by atoms with Gasteiger partial charge in [0.1, 0.15) is 18.5 Å². The van der Waals surface area contributed by atoms with Crippen molar-refractivity contribution in [2.75, 3.05) is 6.61 Å². The number of hydrogen-bond acceptors (Lipinski definition) is 7. The number of aliphatic hydroxyl groups is 1. The summed E-state index contributed by atoms with van der Waals surface area (Å²) in [7, 11) is 0. The number of furan rings is 1. The van der Waals surface area contributed by atoms with E-state index in [0.717, 1.165) is 4.68 Å². The zero-order valence-electron chi connectivity index (χ0n) is 13.4. The van der Waals surface area contributed by atoms with Crippen molar-refractivity contribution in [3.05, 3.63) is 58.8 Å². The van der Waals surface area contributed by atoms with Gasteiger partial charge in [0.15, 0.2) is 11.5 Å². The molecule has 0 radical (unpaired) electrons. The molecule has 0 saturated heterocycles. The van der Waals surface area contributed by atoms with Crippen LogP contribution >= 0.6 is 0 Å². The van der Waals surface area contributed by atoms with Crippen molar-refractivity contribution in [3.8, 4) is 17.4 Å². The fourth-order valence-electron chi connectivity index (χ4n) is 2.17. The number of rotatable bonds is 7. The number of carbonyl (C=O) groups is 1. The molecular weight excluding hydrogens is 328 g/mol. The minimum absolute atomic E-state index is 0.0391. The Hall–Kier alpha value is -3.13. The zero-order chi connectivity index (χ0) is 17.8. The third-order valence-corrected chi connectivity index (χ3v) is 3.40. The topological polar surface area (TPSA) is 108 Å². The fraction of sp³-hybridized carbons (Fsp3) is 0.235. The van der Waals surface area contributed by atoms with E-state index in [9.17, 15) is 14.7 Å². The Morgan fingerprint density at radius 3 is 2.92 bits per heavy atom. The van der Waals surface area contributed by atoms with Gasteiger partial charge in [-0.05, 0) is 31.2 Å². The van der Waals surface area contributed by atoms with Crippen LogP contribution in [-0.4, -0.2) is 33.4 Å². The molecular formula is C17H16N2O6. The van der Waals surface area contributed by atoms with Gasteiger partial charge in [-0.1, -0.05) is 12.1 Å². The van der Waals surface area contributed by atoms with Gasteiger partial charge >= 0.3 is 5.76 Å². The van der Waals surface area contributed by atoms with Crippen LogP contribution in [0.4, 0.5) is 0 Å². The van der Waals surface area contributed by atoms with Crippen LogP contribution < -0.4 is 10.5 Å². The first-order valence-corrected chi connectivity index (χ1v) is 7.56.